The maximum atomic E-state index is 5.16. The molecule has 0 aliphatic rings. The Morgan fingerprint density at radius 1 is 0.404 bits per heavy atom. The fourth-order valence-electron chi connectivity index (χ4n) is 6.19. The largest absolute Gasteiger partial charge is 0.255 e. The molecule has 5 heterocycles. The lowest BCUT2D eigenvalue weighted by atomic mass is 9.95. The van der Waals surface area contributed by atoms with E-state index in [2.05, 4.69) is 104 Å². The van der Waals surface area contributed by atoms with Crippen molar-refractivity contribution in [3.63, 3.8) is 0 Å². The van der Waals surface area contributed by atoms with E-state index in [1.807, 2.05) is 48.5 Å². The first kappa shape index (κ1) is 27.2. The van der Waals surface area contributed by atoms with Crippen molar-refractivity contribution >= 4 is 44.4 Å². The maximum absolute atomic E-state index is 5.16. The number of benzene rings is 4. The zero-order chi connectivity index (χ0) is 31.2. The first-order valence-electron chi connectivity index (χ1n) is 15.3. The summed E-state index contributed by atoms with van der Waals surface area (Å²) in [7, 11) is 0. The van der Waals surface area contributed by atoms with Crippen molar-refractivity contribution in [3.8, 4) is 56.3 Å². The van der Waals surface area contributed by atoms with Gasteiger partial charge in [0, 0.05) is 34.1 Å². The molecule has 0 aliphatic carbocycles. The molecule has 9 aromatic rings. The fourth-order valence-corrected chi connectivity index (χ4v) is 6.74. The number of para-hydroxylation sites is 1. The predicted octanol–water partition coefficient (Wildman–Crippen LogP) is 9.91. The molecule has 0 bridgehead atoms. The number of rotatable bonds is 5. The fraction of sp³-hybridized carbons (Fsp3) is 0. The van der Waals surface area contributed by atoms with Gasteiger partial charge in [-0.3, -0.25) is 9.97 Å². The average Bonchev–Trinajstić information content (AvgIpc) is 3.65. The van der Waals surface area contributed by atoms with Crippen LogP contribution in [0.1, 0.15) is 0 Å². The Labute approximate surface area is 274 Å². The van der Waals surface area contributed by atoms with Crippen molar-refractivity contribution in [2.45, 2.75) is 0 Å². The molecule has 7 heteroatoms. The smallest absolute Gasteiger partial charge is 0.113 e. The highest BCUT2D eigenvalue weighted by atomic mass is 32.1. The van der Waals surface area contributed by atoms with E-state index in [9.17, 15) is 0 Å². The molecule has 0 atom stereocenters. The summed E-state index contributed by atoms with van der Waals surface area (Å²) in [6.07, 6.45) is 3.58. The number of aromatic nitrogens is 6. The minimum Gasteiger partial charge on any atom is -0.255 e. The molecule has 4 aromatic carbocycles. The van der Waals surface area contributed by atoms with Crippen molar-refractivity contribution in [1.29, 1.82) is 0 Å². The van der Waals surface area contributed by atoms with Crippen LogP contribution < -0.4 is 0 Å². The minimum atomic E-state index is 0.807. The van der Waals surface area contributed by atoms with Gasteiger partial charge in [-0.05, 0) is 82.9 Å². The normalized spacial score (nSPS) is 11.4. The summed E-state index contributed by atoms with van der Waals surface area (Å²) in [5, 5.41) is 3.26. The Hall–Kier alpha value is -6.18. The molecular weight excluding hydrogens is 597 g/mol. The molecule has 6 nitrogen and oxygen atoms in total. The second kappa shape index (κ2) is 11.3. The van der Waals surface area contributed by atoms with Crippen LogP contribution in [-0.2, 0) is 0 Å². The van der Waals surface area contributed by atoms with Crippen LogP contribution in [0.4, 0.5) is 0 Å². The summed E-state index contributed by atoms with van der Waals surface area (Å²) in [5.74, 6) is 0. The van der Waals surface area contributed by atoms with Crippen molar-refractivity contribution < 1.29 is 0 Å². The molecule has 220 valence electrons. The molecule has 0 spiro atoms. The van der Waals surface area contributed by atoms with E-state index in [1.165, 1.54) is 11.7 Å². The molecule has 0 N–H and O–H groups in total. The molecule has 0 unspecified atom stereocenters. The van der Waals surface area contributed by atoms with E-state index in [0.29, 0.717) is 0 Å². The summed E-state index contributed by atoms with van der Waals surface area (Å²) in [6, 6.07) is 45.6. The number of fused-ring (bicyclic) bond motifs is 5. The molecule has 0 saturated heterocycles. The minimum absolute atomic E-state index is 0.807. The SMILES string of the molecule is c1ccc(-c2cc(-c3ccc(-c4cccc(-c5nc6ccccc6c6c5ccc5nsnc56)c4)cc3)cc(-c3ccccn3)n2)nc1. The first-order chi connectivity index (χ1) is 23.3. The van der Waals surface area contributed by atoms with Gasteiger partial charge in [0.25, 0.3) is 0 Å². The molecule has 47 heavy (non-hydrogen) atoms. The summed E-state index contributed by atoms with van der Waals surface area (Å²) < 4.78 is 9.17. The Morgan fingerprint density at radius 3 is 1.81 bits per heavy atom. The third-order valence-electron chi connectivity index (χ3n) is 8.46. The lowest BCUT2D eigenvalue weighted by Gasteiger charge is -2.12. The van der Waals surface area contributed by atoms with Crippen LogP contribution in [0.3, 0.4) is 0 Å². The lowest BCUT2D eigenvalue weighted by molar-refractivity contribution is 1.22. The average molecular weight is 621 g/mol. The van der Waals surface area contributed by atoms with Gasteiger partial charge in [0.15, 0.2) is 0 Å². The highest BCUT2D eigenvalue weighted by Gasteiger charge is 2.16. The van der Waals surface area contributed by atoms with Crippen molar-refractivity contribution in [2.24, 2.45) is 0 Å². The van der Waals surface area contributed by atoms with E-state index in [0.717, 1.165) is 89.0 Å². The van der Waals surface area contributed by atoms with Crippen LogP contribution in [0, 0.1) is 0 Å². The van der Waals surface area contributed by atoms with Crippen LogP contribution in [0.25, 0.3) is 89.0 Å². The summed E-state index contributed by atoms with van der Waals surface area (Å²) >= 11 is 1.25. The molecule has 0 fully saturated rings. The second-order valence-electron chi connectivity index (χ2n) is 11.3. The number of nitrogens with zero attached hydrogens (tertiary/aromatic N) is 6. The molecule has 9 rings (SSSR count). The van der Waals surface area contributed by atoms with Gasteiger partial charge >= 0.3 is 0 Å². The summed E-state index contributed by atoms with van der Waals surface area (Å²) in [6.45, 7) is 0. The van der Waals surface area contributed by atoms with Gasteiger partial charge in [0.2, 0.25) is 0 Å². The highest BCUT2D eigenvalue weighted by molar-refractivity contribution is 7.00. The Kier molecular flexibility index (Phi) is 6.54. The van der Waals surface area contributed by atoms with Gasteiger partial charge in [0.1, 0.15) is 11.0 Å². The van der Waals surface area contributed by atoms with Crippen LogP contribution in [0.15, 0.2) is 146 Å². The quantitative estimate of drug-likeness (QED) is 0.178. The standard InChI is InChI=1S/C40H24N6S/c1-2-11-32-30(10-1)38-31(18-19-35-40(38)46-47-45-35)39(44-32)28-9-7-8-27(22-28)25-14-16-26(17-15-25)29-23-36(33-12-3-5-20-41-33)43-37(24-29)34-13-4-6-21-42-34/h1-24H. The molecule has 0 radical (unpaired) electrons. The van der Waals surface area contributed by atoms with E-state index in [-0.39, 0.29) is 0 Å². The number of hydrogen-bond donors (Lipinski definition) is 0. The summed E-state index contributed by atoms with van der Waals surface area (Å²) in [4.78, 5) is 19.2. The zero-order valence-corrected chi connectivity index (χ0v) is 25.8. The van der Waals surface area contributed by atoms with Gasteiger partial charge in [-0.1, -0.05) is 72.8 Å². The van der Waals surface area contributed by atoms with Crippen LogP contribution >= 0.6 is 11.7 Å². The van der Waals surface area contributed by atoms with E-state index in [1.54, 1.807) is 12.4 Å². The number of hydrogen-bond acceptors (Lipinski definition) is 7. The molecule has 0 saturated carbocycles. The zero-order valence-electron chi connectivity index (χ0n) is 24.9. The maximum Gasteiger partial charge on any atom is 0.113 e. The highest BCUT2D eigenvalue weighted by Crippen LogP contribution is 2.38. The van der Waals surface area contributed by atoms with Gasteiger partial charge < -0.3 is 0 Å². The van der Waals surface area contributed by atoms with E-state index < -0.39 is 0 Å². The first-order valence-corrected chi connectivity index (χ1v) is 16.0. The van der Waals surface area contributed by atoms with Crippen LogP contribution in [0.5, 0.6) is 0 Å². The lowest BCUT2D eigenvalue weighted by Crippen LogP contribution is -1.94. The van der Waals surface area contributed by atoms with Crippen LogP contribution in [0.2, 0.25) is 0 Å². The van der Waals surface area contributed by atoms with Gasteiger partial charge in [-0.15, -0.1) is 0 Å². The Balaban J connectivity index is 1.12. The Morgan fingerprint density at radius 2 is 1.09 bits per heavy atom. The van der Waals surface area contributed by atoms with Gasteiger partial charge in [-0.2, -0.15) is 8.75 Å². The van der Waals surface area contributed by atoms with Crippen molar-refractivity contribution in [3.05, 3.63) is 146 Å². The summed E-state index contributed by atoms with van der Waals surface area (Å²) in [5.41, 5.74) is 12.4. The monoisotopic (exact) mass is 620 g/mol. The van der Waals surface area contributed by atoms with E-state index >= 15 is 0 Å². The van der Waals surface area contributed by atoms with E-state index in [4.69, 9.17) is 9.97 Å². The van der Waals surface area contributed by atoms with Gasteiger partial charge in [0.05, 0.1) is 45.7 Å². The third-order valence-corrected chi connectivity index (χ3v) is 9.00. The second-order valence-corrected chi connectivity index (χ2v) is 11.8. The van der Waals surface area contributed by atoms with Gasteiger partial charge in [-0.25, -0.2) is 9.97 Å². The molecule has 0 aliphatic heterocycles. The van der Waals surface area contributed by atoms with Crippen LogP contribution in [-0.4, -0.2) is 28.7 Å². The molecule has 0 amide bonds. The predicted molar refractivity (Wildman–Crippen MR) is 191 cm³/mol. The third kappa shape index (κ3) is 4.90. The van der Waals surface area contributed by atoms with Crippen molar-refractivity contribution in [1.82, 2.24) is 28.7 Å². The Bertz CT molecular complexity index is 2510. The topological polar surface area (TPSA) is 77.3 Å². The molecule has 5 aromatic heterocycles. The number of pyridine rings is 4. The molecular formula is C40H24N6S. The van der Waals surface area contributed by atoms with Crippen molar-refractivity contribution in [2.75, 3.05) is 0 Å².